The first-order valence-corrected chi connectivity index (χ1v) is 13.0. The Morgan fingerprint density at radius 2 is 1.09 bits per heavy atom. The van der Waals surface area contributed by atoms with E-state index in [2.05, 4.69) is 101 Å². The molecule has 1 heteroatoms. The number of hydrogen-bond acceptors (Lipinski definition) is 0. The first-order valence-electron chi connectivity index (χ1n) is 13.0. The van der Waals surface area contributed by atoms with E-state index in [4.69, 9.17) is 0 Å². The molecule has 0 saturated carbocycles. The van der Waals surface area contributed by atoms with Gasteiger partial charge in [0.05, 0.1) is 0 Å². The van der Waals surface area contributed by atoms with E-state index >= 15 is 0 Å². The van der Waals surface area contributed by atoms with Gasteiger partial charge in [-0.25, -0.2) is 0 Å². The third-order valence-corrected chi connectivity index (χ3v) is 9.97. The quantitative estimate of drug-likeness (QED) is 0.350. The van der Waals surface area contributed by atoms with Gasteiger partial charge in [-0.1, -0.05) is 93.0 Å². The van der Waals surface area contributed by atoms with E-state index in [0.29, 0.717) is 11.8 Å². The average molecular weight is 514 g/mol. The monoisotopic (exact) mass is 513 g/mol. The Hall–Kier alpha value is -1.83. The first-order chi connectivity index (χ1) is 15.8. The van der Waals surface area contributed by atoms with E-state index in [1.165, 1.54) is 44.6 Å². The Kier molecular flexibility index (Phi) is 8.94. The van der Waals surface area contributed by atoms with E-state index < -0.39 is 0 Å². The summed E-state index contributed by atoms with van der Waals surface area (Å²) in [6.07, 6.45) is 0. The van der Waals surface area contributed by atoms with Crippen LogP contribution in [-0.2, 0) is 16.8 Å². The molecule has 2 unspecified atom stereocenters. The zero-order valence-electron chi connectivity index (χ0n) is 24.1. The summed E-state index contributed by atoms with van der Waals surface area (Å²) in [5.74, 6) is 0.997. The number of allylic oxidation sites excluding steroid dienone is 8. The van der Waals surface area contributed by atoms with Crippen LogP contribution in [0.15, 0.2) is 82.0 Å². The van der Waals surface area contributed by atoms with Crippen LogP contribution in [0.2, 0.25) is 0 Å². The van der Waals surface area contributed by atoms with Crippen LogP contribution in [0.3, 0.4) is 0 Å². The van der Waals surface area contributed by atoms with Crippen LogP contribution >= 0.6 is 0 Å². The molecule has 4 rings (SSSR count). The summed E-state index contributed by atoms with van der Waals surface area (Å²) < 4.78 is 0. The molecule has 0 saturated heterocycles. The molecule has 2 aromatic carbocycles. The molecular weight excluding hydrogens is 467 g/mol. The van der Waals surface area contributed by atoms with E-state index in [1.54, 1.807) is 11.1 Å². The van der Waals surface area contributed by atoms with Crippen molar-refractivity contribution in [2.24, 2.45) is 22.7 Å². The van der Waals surface area contributed by atoms with Gasteiger partial charge in [0.15, 0.2) is 0 Å². The summed E-state index contributed by atoms with van der Waals surface area (Å²) in [7, 11) is 0. The molecule has 0 bridgehead atoms. The molecule has 2 atom stereocenters. The van der Waals surface area contributed by atoms with Gasteiger partial charge in [-0.3, -0.25) is 0 Å². The molecule has 0 spiro atoms. The van der Waals surface area contributed by atoms with Gasteiger partial charge in [0, 0.05) is 16.8 Å². The van der Waals surface area contributed by atoms with E-state index in [9.17, 15) is 0 Å². The molecule has 2 aliphatic carbocycles. The second-order valence-corrected chi connectivity index (χ2v) is 11.8. The summed E-state index contributed by atoms with van der Waals surface area (Å²) in [6, 6.07) is 17.0. The zero-order chi connectivity index (χ0) is 25.6. The fourth-order valence-electron chi connectivity index (χ4n) is 6.03. The maximum Gasteiger partial charge on any atom is 0 e. The number of rotatable bonds is 2. The van der Waals surface area contributed by atoms with Crippen LogP contribution in [0.5, 0.6) is 0 Å². The summed E-state index contributed by atoms with van der Waals surface area (Å²) in [4.78, 5) is 0. The second kappa shape index (κ2) is 10.6. The topological polar surface area (TPSA) is 0 Å². The predicted molar refractivity (Wildman–Crippen MR) is 152 cm³/mol. The number of hydrogen-bond donors (Lipinski definition) is 0. The summed E-state index contributed by atoms with van der Waals surface area (Å²) in [5, 5.41) is 0. The van der Waals surface area contributed by atoms with Crippen LogP contribution in [-0.4, -0.2) is 0 Å². The van der Waals surface area contributed by atoms with Crippen molar-refractivity contribution in [3.8, 4) is 0 Å². The second-order valence-electron chi connectivity index (χ2n) is 11.8. The molecule has 0 aliphatic heterocycles. The Morgan fingerprint density at radius 3 is 1.57 bits per heavy atom. The maximum absolute atomic E-state index is 2.43. The first kappa shape index (κ1) is 29.4. The van der Waals surface area contributed by atoms with Crippen LogP contribution in [0.4, 0.5) is 0 Å². The van der Waals surface area contributed by atoms with Crippen LogP contribution < -0.4 is 0 Å². The summed E-state index contributed by atoms with van der Waals surface area (Å²) in [5.41, 5.74) is 15.4. The molecule has 0 nitrogen and oxygen atoms in total. The van der Waals surface area contributed by atoms with Crippen LogP contribution in [0, 0.1) is 22.7 Å². The van der Waals surface area contributed by atoms with Crippen molar-refractivity contribution in [3.63, 3.8) is 0 Å². The molecule has 0 N–H and O–H groups in total. The maximum atomic E-state index is 2.43. The molecule has 0 amide bonds. The molecule has 2 aliphatic rings. The normalized spacial score (nSPS) is 23.8. The molecule has 197 valence electrons. The molecule has 1 radical (unpaired) electrons. The van der Waals surface area contributed by atoms with Crippen molar-refractivity contribution < 1.29 is 16.8 Å². The van der Waals surface area contributed by atoms with Gasteiger partial charge in [-0.05, 0) is 57.3 Å². The van der Waals surface area contributed by atoms with Crippen LogP contribution in [0.1, 0.15) is 94.2 Å². The van der Waals surface area contributed by atoms with Gasteiger partial charge in [-0.15, -0.1) is 17.2 Å². The SMILES string of the molecule is CC1=C(c2ccc[c-]2C2=C(C)C(C)=C(C)C(C)(C)C2C)C(C)C(C)(C)C(C)=C1C.[Co].[cH-]1[cH-][cH-][cH-][cH-]1. The summed E-state index contributed by atoms with van der Waals surface area (Å²) in [6.45, 7) is 28.5. The van der Waals surface area contributed by atoms with Gasteiger partial charge < -0.3 is 30.3 Å². The van der Waals surface area contributed by atoms with Gasteiger partial charge in [-0.2, -0.15) is 12.1 Å². The van der Waals surface area contributed by atoms with Gasteiger partial charge in [0.25, 0.3) is 0 Å². The smallest absolute Gasteiger partial charge is 0 e. The fourth-order valence-corrected chi connectivity index (χ4v) is 6.03. The minimum Gasteiger partial charge on any atom is -0.748 e. The Bertz CT molecular complexity index is 1070. The largest absolute Gasteiger partial charge is 0.748 e. The Morgan fingerprint density at radius 1 is 0.657 bits per heavy atom. The van der Waals surface area contributed by atoms with E-state index in [-0.39, 0.29) is 27.6 Å². The van der Waals surface area contributed by atoms with Crippen LogP contribution in [0.25, 0.3) is 11.1 Å². The fraction of sp³-hybridized carbons (Fsp3) is 0.471. The third-order valence-electron chi connectivity index (χ3n) is 9.97. The van der Waals surface area contributed by atoms with Crippen molar-refractivity contribution in [3.05, 3.63) is 93.1 Å². The molecule has 0 fully saturated rings. The molecule has 0 aromatic heterocycles. The standard InChI is InChI=1S/C29H41.C5H5.Co/c1-16-18(3)26(22(7)28(9,10)20(16)5)24-14-13-15-25(24)27-19(4)17(2)21(6)29(11,12)23(27)8;1-2-4-5-3-1;/h13-15,22-23H,1-12H3;1-5H;/q-1;-5;. The van der Waals surface area contributed by atoms with E-state index in [1.807, 2.05) is 30.3 Å². The summed E-state index contributed by atoms with van der Waals surface area (Å²) >= 11 is 0. The molecule has 35 heavy (non-hydrogen) atoms. The van der Waals surface area contributed by atoms with Crippen molar-refractivity contribution in [1.82, 2.24) is 0 Å². The predicted octanol–water partition coefficient (Wildman–Crippen LogP) is 10.4. The zero-order valence-corrected chi connectivity index (χ0v) is 25.1. The average Bonchev–Trinajstić information content (AvgIpc) is 3.51. The van der Waals surface area contributed by atoms with Gasteiger partial charge in [0.1, 0.15) is 0 Å². The van der Waals surface area contributed by atoms with Gasteiger partial charge >= 0.3 is 0 Å². The third kappa shape index (κ3) is 4.92. The van der Waals surface area contributed by atoms with Crippen molar-refractivity contribution in [2.75, 3.05) is 0 Å². The Balaban J connectivity index is 0.000000640. The van der Waals surface area contributed by atoms with Crippen molar-refractivity contribution in [1.29, 1.82) is 0 Å². The van der Waals surface area contributed by atoms with E-state index in [0.717, 1.165) is 0 Å². The minimum absolute atomic E-state index is 0. The Labute approximate surface area is 226 Å². The molecule has 2 aromatic rings. The minimum atomic E-state index is 0. The van der Waals surface area contributed by atoms with Gasteiger partial charge in [0.2, 0.25) is 0 Å². The molecule has 0 heterocycles. The molecular formula is C34H46Co-6. The van der Waals surface area contributed by atoms with Crippen molar-refractivity contribution >= 4 is 11.1 Å². The van der Waals surface area contributed by atoms with Crippen molar-refractivity contribution in [2.45, 2.75) is 83.1 Å².